The molecule has 0 bridgehead atoms. The second-order valence-corrected chi connectivity index (χ2v) is 5.09. The Balaban J connectivity index is 2.52. The first-order valence-corrected chi connectivity index (χ1v) is 6.04. The van der Waals surface area contributed by atoms with Gasteiger partial charge in [-0.3, -0.25) is 4.79 Å². The summed E-state index contributed by atoms with van der Waals surface area (Å²) in [6, 6.07) is 0. The minimum Gasteiger partial charge on any atom is -0.465 e. The van der Waals surface area contributed by atoms with Crippen LogP contribution < -0.4 is 0 Å². The number of Topliss-reactive ketones (excluding diaryl/α,β-unsaturated/α-hetero) is 1. The van der Waals surface area contributed by atoms with E-state index < -0.39 is 17.5 Å². The molecular weight excluding hydrogens is 220 g/mol. The third kappa shape index (κ3) is 1.80. The van der Waals surface area contributed by atoms with Crippen molar-refractivity contribution in [2.45, 2.75) is 45.1 Å². The van der Waals surface area contributed by atoms with Crippen molar-refractivity contribution in [3.05, 3.63) is 11.1 Å². The van der Waals surface area contributed by atoms with Crippen molar-refractivity contribution < 1.29 is 19.4 Å². The first-order chi connectivity index (χ1) is 8.00. The highest BCUT2D eigenvalue weighted by atomic mass is 16.5. The van der Waals surface area contributed by atoms with E-state index in [0.717, 1.165) is 18.4 Å². The molecule has 0 aromatic heterocycles. The summed E-state index contributed by atoms with van der Waals surface area (Å²) in [4.78, 5) is 23.6. The van der Waals surface area contributed by atoms with Gasteiger partial charge in [-0.05, 0) is 31.3 Å². The van der Waals surface area contributed by atoms with Crippen molar-refractivity contribution in [3.8, 4) is 0 Å². The maximum absolute atomic E-state index is 11.9. The van der Waals surface area contributed by atoms with E-state index >= 15 is 0 Å². The van der Waals surface area contributed by atoms with Crippen LogP contribution in [0.4, 0.5) is 0 Å². The van der Waals surface area contributed by atoms with E-state index in [2.05, 4.69) is 0 Å². The van der Waals surface area contributed by atoms with Crippen LogP contribution in [0.3, 0.4) is 0 Å². The number of rotatable bonds is 1. The third-order valence-corrected chi connectivity index (χ3v) is 4.17. The molecule has 2 aliphatic carbocycles. The number of hydrogen-bond donors (Lipinski definition) is 1. The second-order valence-electron chi connectivity index (χ2n) is 5.09. The molecule has 17 heavy (non-hydrogen) atoms. The molecule has 94 valence electrons. The van der Waals surface area contributed by atoms with Crippen LogP contribution in [0.2, 0.25) is 0 Å². The van der Waals surface area contributed by atoms with Gasteiger partial charge in [0.2, 0.25) is 0 Å². The number of methoxy groups -OCH3 is 1. The van der Waals surface area contributed by atoms with Crippen LogP contribution in [-0.2, 0) is 14.3 Å². The SMILES string of the molecule is COC(=O)C1=C2CCC[C@@H](O)[C@@]2(C)CCC1=O. The summed E-state index contributed by atoms with van der Waals surface area (Å²) >= 11 is 0. The topological polar surface area (TPSA) is 63.6 Å². The minimum atomic E-state index is -0.551. The van der Waals surface area contributed by atoms with Gasteiger partial charge in [-0.1, -0.05) is 6.92 Å². The predicted molar refractivity (Wildman–Crippen MR) is 61.2 cm³/mol. The largest absolute Gasteiger partial charge is 0.465 e. The van der Waals surface area contributed by atoms with E-state index in [9.17, 15) is 14.7 Å². The van der Waals surface area contributed by atoms with Gasteiger partial charge in [0.25, 0.3) is 0 Å². The van der Waals surface area contributed by atoms with Crippen LogP contribution in [0.15, 0.2) is 11.1 Å². The standard InChI is InChI=1S/C13H18O4/c1-13-7-6-9(14)11(12(16)17-2)8(13)4-3-5-10(13)15/h10,15H,3-7H2,1-2H3/t10-,13+/m1/s1. The number of ketones is 1. The molecule has 1 N–H and O–H groups in total. The molecule has 0 amide bonds. The molecule has 0 aliphatic heterocycles. The molecule has 1 fully saturated rings. The third-order valence-electron chi connectivity index (χ3n) is 4.17. The Hall–Kier alpha value is -1.16. The number of carbonyl (C=O) groups is 2. The number of hydrogen-bond acceptors (Lipinski definition) is 4. The number of esters is 1. The molecule has 2 atom stereocenters. The summed E-state index contributed by atoms with van der Waals surface area (Å²) in [6.07, 6.45) is 2.76. The zero-order valence-electron chi connectivity index (χ0n) is 10.3. The molecular formula is C13H18O4. The van der Waals surface area contributed by atoms with E-state index in [1.807, 2.05) is 6.92 Å². The lowest BCUT2D eigenvalue weighted by atomic mass is 9.62. The van der Waals surface area contributed by atoms with Crippen molar-refractivity contribution in [2.75, 3.05) is 7.11 Å². The number of aliphatic hydroxyl groups excluding tert-OH is 1. The minimum absolute atomic E-state index is 0.140. The maximum atomic E-state index is 11.9. The Morgan fingerprint density at radius 2 is 2.18 bits per heavy atom. The highest BCUT2D eigenvalue weighted by Gasteiger charge is 2.46. The Morgan fingerprint density at radius 3 is 2.82 bits per heavy atom. The zero-order chi connectivity index (χ0) is 12.6. The molecule has 2 rings (SSSR count). The van der Waals surface area contributed by atoms with E-state index in [4.69, 9.17) is 4.74 Å². The Kier molecular flexibility index (Phi) is 3.08. The van der Waals surface area contributed by atoms with Gasteiger partial charge in [-0.25, -0.2) is 4.79 Å². The van der Waals surface area contributed by atoms with Gasteiger partial charge in [0.15, 0.2) is 5.78 Å². The fourth-order valence-electron chi connectivity index (χ4n) is 3.01. The second kappa shape index (κ2) is 4.26. The van der Waals surface area contributed by atoms with Crippen LogP contribution in [0.5, 0.6) is 0 Å². The molecule has 4 nitrogen and oxygen atoms in total. The normalized spacial score (nSPS) is 33.4. The summed E-state index contributed by atoms with van der Waals surface area (Å²) in [5.74, 6) is -0.691. The zero-order valence-corrected chi connectivity index (χ0v) is 10.3. The molecule has 0 aromatic rings. The van der Waals surface area contributed by atoms with Gasteiger partial charge in [-0.2, -0.15) is 0 Å². The van der Waals surface area contributed by atoms with Gasteiger partial charge in [0.05, 0.1) is 13.2 Å². The lowest BCUT2D eigenvalue weighted by molar-refractivity contribution is -0.138. The van der Waals surface area contributed by atoms with Crippen LogP contribution in [0.25, 0.3) is 0 Å². The van der Waals surface area contributed by atoms with Crippen molar-refractivity contribution in [2.24, 2.45) is 5.41 Å². The van der Waals surface area contributed by atoms with Crippen molar-refractivity contribution in [1.82, 2.24) is 0 Å². The number of aliphatic hydroxyl groups is 1. The molecule has 0 aromatic carbocycles. The molecule has 0 radical (unpaired) electrons. The fourth-order valence-corrected chi connectivity index (χ4v) is 3.01. The number of ether oxygens (including phenoxy) is 1. The molecule has 0 spiro atoms. The molecule has 0 heterocycles. The smallest absolute Gasteiger partial charge is 0.341 e. The van der Waals surface area contributed by atoms with Crippen molar-refractivity contribution in [1.29, 1.82) is 0 Å². The van der Waals surface area contributed by atoms with Crippen LogP contribution >= 0.6 is 0 Å². The summed E-state index contributed by atoms with van der Waals surface area (Å²) in [6.45, 7) is 1.95. The van der Waals surface area contributed by atoms with E-state index in [0.29, 0.717) is 19.3 Å². The summed E-state index contributed by atoms with van der Waals surface area (Å²) in [7, 11) is 1.29. The maximum Gasteiger partial charge on any atom is 0.341 e. The molecule has 1 saturated carbocycles. The highest BCUT2D eigenvalue weighted by Crippen LogP contribution is 2.48. The average Bonchev–Trinajstić information content (AvgIpc) is 2.31. The van der Waals surface area contributed by atoms with E-state index in [1.165, 1.54) is 7.11 Å². The van der Waals surface area contributed by atoms with Gasteiger partial charge in [0.1, 0.15) is 5.57 Å². The van der Waals surface area contributed by atoms with Crippen LogP contribution in [0.1, 0.15) is 39.0 Å². The van der Waals surface area contributed by atoms with Crippen LogP contribution in [-0.4, -0.2) is 30.1 Å². The first-order valence-electron chi connectivity index (χ1n) is 6.04. The Labute approximate surface area is 101 Å². The van der Waals surface area contributed by atoms with Crippen molar-refractivity contribution >= 4 is 11.8 Å². The average molecular weight is 238 g/mol. The highest BCUT2D eigenvalue weighted by molar-refractivity contribution is 6.18. The van der Waals surface area contributed by atoms with E-state index in [1.54, 1.807) is 0 Å². The fraction of sp³-hybridized carbons (Fsp3) is 0.692. The van der Waals surface area contributed by atoms with Gasteiger partial charge >= 0.3 is 5.97 Å². The Morgan fingerprint density at radius 1 is 1.47 bits per heavy atom. The molecule has 0 unspecified atom stereocenters. The summed E-state index contributed by atoms with van der Waals surface area (Å²) in [5.41, 5.74) is 0.578. The van der Waals surface area contributed by atoms with Crippen LogP contribution in [0, 0.1) is 5.41 Å². The first kappa shape index (κ1) is 12.3. The van der Waals surface area contributed by atoms with Gasteiger partial charge < -0.3 is 9.84 Å². The summed E-state index contributed by atoms with van der Waals surface area (Å²) in [5, 5.41) is 10.1. The quantitative estimate of drug-likeness (QED) is 0.553. The predicted octanol–water partition coefficient (Wildman–Crippen LogP) is 1.37. The molecule has 4 heteroatoms. The monoisotopic (exact) mass is 238 g/mol. The lowest BCUT2D eigenvalue weighted by Crippen LogP contribution is -2.43. The lowest BCUT2D eigenvalue weighted by Gasteiger charge is -2.44. The molecule has 2 aliphatic rings. The van der Waals surface area contributed by atoms with Gasteiger partial charge in [-0.15, -0.1) is 0 Å². The van der Waals surface area contributed by atoms with Crippen molar-refractivity contribution in [3.63, 3.8) is 0 Å². The Bertz CT molecular complexity index is 396. The molecule has 0 saturated heterocycles. The number of carbonyl (C=O) groups excluding carboxylic acids is 2. The van der Waals surface area contributed by atoms with E-state index in [-0.39, 0.29) is 11.4 Å². The summed E-state index contributed by atoms with van der Waals surface area (Å²) < 4.78 is 4.69. The number of fused-ring (bicyclic) bond motifs is 1. The van der Waals surface area contributed by atoms with Gasteiger partial charge in [0, 0.05) is 11.8 Å².